The third kappa shape index (κ3) is 2.87. The van der Waals surface area contributed by atoms with Crippen molar-refractivity contribution in [3.05, 3.63) is 34.7 Å². The number of aromatic amines is 1. The first-order valence-electron chi connectivity index (χ1n) is 6.99. The first-order valence-corrected chi connectivity index (χ1v) is 7.74. The number of aromatic nitrogens is 3. The smallest absolute Gasteiger partial charge is 0.216 e. The Labute approximate surface area is 142 Å². The largest absolute Gasteiger partial charge is 0.398 e. The van der Waals surface area contributed by atoms with Gasteiger partial charge in [-0.05, 0) is 6.07 Å². The van der Waals surface area contributed by atoms with Gasteiger partial charge in [-0.2, -0.15) is 5.10 Å². The van der Waals surface area contributed by atoms with Crippen molar-refractivity contribution in [3.63, 3.8) is 0 Å². The first-order chi connectivity index (χ1) is 11.0. The predicted octanol–water partition coefficient (Wildman–Crippen LogP) is 3.06. The van der Waals surface area contributed by atoms with Crippen LogP contribution in [0.1, 0.15) is 6.92 Å². The maximum atomic E-state index is 11.1. The molecule has 0 bridgehead atoms. The van der Waals surface area contributed by atoms with E-state index >= 15 is 0 Å². The molecule has 3 aromatic rings. The Morgan fingerprint density at radius 2 is 2.26 bits per heavy atom. The number of nitrogens with two attached hydrogens (primary N) is 1. The second-order valence-corrected chi connectivity index (χ2v) is 5.98. The number of benzene rings is 1. The molecular formula is C15H15Cl2N5O. The lowest BCUT2D eigenvalue weighted by Crippen LogP contribution is -2.24. The second-order valence-electron chi connectivity index (χ2n) is 5.19. The molecule has 1 aromatic carbocycles. The molecule has 0 spiro atoms. The van der Waals surface area contributed by atoms with Crippen LogP contribution in [-0.4, -0.2) is 27.2 Å². The van der Waals surface area contributed by atoms with E-state index in [4.69, 9.17) is 28.9 Å². The van der Waals surface area contributed by atoms with Gasteiger partial charge >= 0.3 is 0 Å². The standard InChI is InChI=1S/C15H15Cl2N5O/c1-8(23)19-2-3-22-7-10(9-5-20-21-6-9)13-12(18)4-11(16)14(17)15(13)22/h4-7H,2-3,18H2,1H3,(H,19,23)(H,20,21). The van der Waals surface area contributed by atoms with Crippen molar-refractivity contribution in [2.24, 2.45) is 0 Å². The Morgan fingerprint density at radius 1 is 1.48 bits per heavy atom. The van der Waals surface area contributed by atoms with Gasteiger partial charge in [0.25, 0.3) is 0 Å². The summed E-state index contributed by atoms with van der Waals surface area (Å²) in [6.45, 7) is 2.51. The molecule has 6 nitrogen and oxygen atoms in total. The number of nitrogens with zero attached hydrogens (tertiary/aromatic N) is 2. The van der Waals surface area contributed by atoms with Crippen LogP contribution in [0.3, 0.4) is 0 Å². The number of amides is 1. The number of halogens is 2. The molecule has 0 saturated carbocycles. The van der Waals surface area contributed by atoms with E-state index in [2.05, 4.69) is 15.5 Å². The quantitative estimate of drug-likeness (QED) is 0.631. The van der Waals surface area contributed by atoms with Crippen LogP contribution in [0.5, 0.6) is 0 Å². The summed E-state index contributed by atoms with van der Waals surface area (Å²) >= 11 is 12.6. The normalized spacial score (nSPS) is 11.1. The third-order valence-corrected chi connectivity index (χ3v) is 4.38. The van der Waals surface area contributed by atoms with Gasteiger partial charge in [0.05, 0.1) is 21.8 Å². The number of rotatable bonds is 4. The molecular weight excluding hydrogens is 337 g/mol. The average Bonchev–Trinajstić information content (AvgIpc) is 3.11. The van der Waals surface area contributed by atoms with Crippen molar-refractivity contribution in [1.82, 2.24) is 20.1 Å². The molecule has 3 rings (SSSR count). The molecule has 0 aliphatic rings. The summed E-state index contributed by atoms with van der Waals surface area (Å²) in [7, 11) is 0. The molecule has 8 heteroatoms. The Bertz CT molecular complexity index is 870. The van der Waals surface area contributed by atoms with Crippen LogP contribution in [0, 0.1) is 0 Å². The number of hydrogen-bond acceptors (Lipinski definition) is 3. The molecule has 120 valence electrons. The summed E-state index contributed by atoms with van der Waals surface area (Å²) < 4.78 is 1.94. The number of fused-ring (bicyclic) bond motifs is 1. The van der Waals surface area contributed by atoms with Crippen LogP contribution in [0.25, 0.3) is 22.0 Å². The minimum absolute atomic E-state index is 0.0832. The van der Waals surface area contributed by atoms with E-state index in [1.54, 1.807) is 18.5 Å². The fourth-order valence-corrected chi connectivity index (χ4v) is 3.08. The Morgan fingerprint density at radius 3 is 2.91 bits per heavy atom. The Kier molecular flexibility index (Phi) is 4.19. The third-order valence-electron chi connectivity index (χ3n) is 3.60. The lowest BCUT2D eigenvalue weighted by atomic mass is 10.1. The van der Waals surface area contributed by atoms with E-state index in [0.29, 0.717) is 28.8 Å². The lowest BCUT2D eigenvalue weighted by molar-refractivity contribution is -0.118. The number of nitrogens with one attached hydrogen (secondary N) is 2. The molecule has 0 atom stereocenters. The van der Waals surface area contributed by atoms with Crippen LogP contribution in [-0.2, 0) is 11.3 Å². The molecule has 2 aromatic heterocycles. The molecule has 0 saturated heterocycles. The SMILES string of the molecule is CC(=O)NCCn1cc(-c2cn[nH]c2)c2c(N)cc(Cl)c(Cl)c21. The first kappa shape index (κ1) is 15.7. The second kappa shape index (κ2) is 6.14. The summed E-state index contributed by atoms with van der Waals surface area (Å²) in [6.07, 6.45) is 5.44. The Balaban J connectivity index is 2.17. The van der Waals surface area contributed by atoms with Crippen LogP contribution in [0.2, 0.25) is 10.0 Å². The van der Waals surface area contributed by atoms with E-state index in [1.165, 1.54) is 6.92 Å². The van der Waals surface area contributed by atoms with Gasteiger partial charge < -0.3 is 15.6 Å². The summed E-state index contributed by atoms with van der Waals surface area (Å²) in [5.41, 5.74) is 9.27. The van der Waals surface area contributed by atoms with Crippen LogP contribution >= 0.6 is 23.2 Å². The maximum Gasteiger partial charge on any atom is 0.216 e. The zero-order valence-electron chi connectivity index (χ0n) is 12.4. The molecule has 23 heavy (non-hydrogen) atoms. The van der Waals surface area contributed by atoms with E-state index in [0.717, 1.165) is 22.0 Å². The number of carbonyl (C=O) groups is 1. The molecule has 0 aliphatic carbocycles. The fourth-order valence-electron chi connectivity index (χ4n) is 2.62. The maximum absolute atomic E-state index is 11.1. The number of anilines is 1. The van der Waals surface area contributed by atoms with E-state index < -0.39 is 0 Å². The minimum Gasteiger partial charge on any atom is -0.398 e. The van der Waals surface area contributed by atoms with Gasteiger partial charge in [0.2, 0.25) is 5.91 Å². The van der Waals surface area contributed by atoms with Gasteiger partial charge in [-0.25, -0.2) is 0 Å². The van der Waals surface area contributed by atoms with Crippen LogP contribution in [0.4, 0.5) is 5.69 Å². The van der Waals surface area contributed by atoms with Crippen molar-refractivity contribution in [1.29, 1.82) is 0 Å². The molecule has 1 amide bonds. The number of carbonyl (C=O) groups excluding carboxylic acids is 1. The molecule has 0 fully saturated rings. The highest BCUT2D eigenvalue weighted by molar-refractivity contribution is 6.46. The molecule has 4 N–H and O–H groups in total. The fraction of sp³-hybridized carbons (Fsp3) is 0.200. The van der Waals surface area contributed by atoms with Gasteiger partial charge in [0.15, 0.2) is 0 Å². The average molecular weight is 352 g/mol. The van der Waals surface area contributed by atoms with Crippen LogP contribution in [0.15, 0.2) is 24.7 Å². The van der Waals surface area contributed by atoms with E-state index in [-0.39, 0.29) is 5.91 Å². The van der Waals surface area contributed by atoms with Gasteiger partial charge in [-0.1, -0.05) is 23.2 Å². The van der Waals surface area contributed by atoms with Gasteiger partial charge in [0, 0.05) is 54.6 Å². The highest BCUT2D eigenvalue weighted by atomic mass is 35.5. The summed E-state index contributed by atoms with van der Waals surface area (Å²) in [5.74, 6) is -0.0832. The van der Waals surface area contributed by atoms with Crippen LogP contribution < -0.4 is 11.1 Å². The Hall–Kier alpha value is -2.18. The van der Waals surface area contributed by atoms with Crippen molar-refractivity contribution < 1.29 is 4.79 Å². The number of nitrogen functional groups attached to an aromatic ring is 1. The zero-order chi connectivity index (χ0) is 16.6. The minimum atomic E-state index is -0.0832. The summed E-state index contributed by atoms with van der Waals surface area (Å²) in [4.78, 5) is 11.1. The molecule has 0 unspecified atom stereocenters. The van der Waals surface area contributed by atoms with Crippen molar-refractivity contribution >= 4 is 45.7 Å². The summed E-state index contributed by atoms with van der Waals surface area (Å²) in [5, 5.41) is 11.2. The highest BCUT2D eigenvalue weighted by Crippen LogP contribution is 2.41. The van der Waals surface area contributed by atoms with Gasteiger partial charge in [-0.3, -0.25) is 9.89 Å². The number of H-pyrrole nitrogens is 1. The van der Waals surface area contributed by atoms with Gasteiger partial charge in [0.1, 0.15) is 0 Å². The van der Waals surface area contributed by atoms with Crippen molar-refractivity contribution in [2.45, 2.75) is 13.5 Å². The molecule has 0 aliphatic heterocycles. The summed E-state index contributed by atoms with van der Waals surface area (Å²) in [6, 6.07) is 1.65. The molecule has 2 heterocycles. The zero-order valence-corrected chi connectivity index (χ0v) is 13.9. The van der Waals surface area contributed by atoms with Crippen molar-refractivity contribution in [2.75, 3.05) is 12.3 Å². The predicted molar refractivity (Wildman–Crippen MR) is 92.6 cm³/mol. The highest BCUT2D eigenvalue weighted by Gasteiger charge is 2.18. The van der Waals surface area contributed by atoms with E-state index in [1.807, 2.05) is 10.8 Å². The topological polar surface area (TPSA) is 88.7 Å². The number of hydrogen-bond donors (Lipinski definition) is 3. The van der Waals surface area contributed by atoms with Crippen molar-refractivity contribution in [3.8, 4) is 11.1 Å². The monoisotopic (exact) mass is 351 g/mol. The molecule has 0 radical (unpaired) electrons. The lowest BCUT2D eigenvalue weighted by Gasteiger charge is -2.09. The van der Waals surface area contributed by atoms with Gasteiger partial charge in [-0.15, -0.1) is 0 Å². The van der Waals surface area contributed by atoms with E-state index in [9.17, 15) is 4.79 Å².